The highest BCUT2D eigenvalue weighted by atomic mass is 32.1. The fourth-order valence-electron chi connectivity index (χ4n) is 4.19. The number of rotatable bonds is 5. The molecular formula is C25H28N6O2S. The number of piperidine rings is 1. The average Bonchev–Trinajstić information content (AvgIpc) is 3.51. The van der Waals surface area contributed by atoms with Gasteiger partial charge in [-0.25, -0.2) is 9.97 Å². The smallest absolute Gasteiger partial charge is 0.254 e. The standard InChI is InChI=1S/C25H28N6O2S/c1-15(2)21-28-22(33-29-21)16-11-13-31(14-12-16)25-27-20-10-9-19(26-23(20)34-25)17-7-5-6-8-18(17)24(32)30(3)4/h5-10,15-16H,11-14H2,1-4H3. The van der Waals surface area contributed by atoms with Gasteiger partial charge in [0.1, 0.15) is 10.3 Å². The fraction of sp³-hybridized carbons (Fsp3) is 0.400. The molecule has 0 unspecified atom stereocenters. The largest absolute Gasteiger partial charge is 0.348 e. The molecule has 4 heterocycles. The van der Waals surface area contributed by atoms with Crippen molar-refractivity contribution in [3.63, 3.8) is 0 Å². The lowest BCUT2D eigenvalue weighted by Crippen LogP contribution is -2.32. The first kappa shape index (κ1) is 22.5. The van der Waals surface area contributed by atoms with Crippen LogP contribution in [0.3, 0.4) is 0 Å². The molecule has 0 bridgehead atoms. The van der Waals surface area contributed by atoms with E-state index in [-0.39, 0.29) is 11.8 Å². The van der Waals surface area contributed by atoms with Crippen molar-refractivity contribution in [1.29, 1.82) is 0 Å². The Labute approximate surface area is 202 Å². The maximum Gasteiger partial charge on any atom is 0.254 e. The summed E-state index contributed by atoms with van der Waals surface area (Å²) in [6.45, 7) is 5.92. The van der Waals surface area contributed by atoms with E-state index in [1.807, 2.05) is 36.4 Å². The van der Waals surface area contributed by atoms with Crippen LogP contribution in [-0.4, -0.2) is 58.1 Å². The van der Waals surface area contributed by atoms with Crippen LogP contribution in [-0.2, 0) is 0 Å². The first-order chi connectivity index (χ1) is 16.4. The lowest BCUT2D eigenvalue weighted by Gasteiger charge is -2.29. The number of nitrogens with zero attached hydrogens (tertiary/aromatic N) is 6. The van der Waals surface area contributed by atoms with E-state index in [0.717, 1.165) is 64.4 Å². The Kier molecular flexibility index (Phi) is 6.03. The number of anilines is 1. The molecule has 0 spiro atoms. The molecule has 0 N–H and O–H groups in total. The van der Waals surface area contributed by atoms with Crippen molar-refractivity contribution < 1.29 is 9.32 Å². The summed E-state index contributed by atoms with van der Waals surface area (Å²) in [6, 6.07) is 11.5. The molecule has 34 heavy (non-hydrogen) atoms. The maximum atomic E-state index is 12.6. The van der Waals surface area contributed by atoms with Crippen molar-refractivity contribution in [2.45, 2.75) is 38.5 Å². The second-order valence-corrected chi connectivity index (χ2v) is 10.1. The molecule has 4 aromatic rings. The third kappa shape index (κ3) is 4.27. The van der Waals surface area contributed by atoms with E-state index in [4.69, 9.17) is 14.5 Å². The van der Waals surface area contributed by atoms with Crippen molar-refractivity contribution in [2.75, 3.05) is 32.1 Å². The van der Waals surface area contributed by atoms with Crippen LogP contribution < -0.4 is 4.90 Å². The van der Waals surface area contributed by atoms with Gasteiger partial charge in [0, 0.05) is 50.1 Å². The van der Waals surface area contributed by atoms with Crippen LogP contribution >= 0.6 is 11.3 Å². The van der Waals surface area contributed by atoms with Gasteiger partial charge in [0.05, 0.1) is 5.69 Å². The minimum Gasteiger partial charge on any atom is -0.348 e. The van der Waals surface area contributed by atoms with Crippen LogP contribution in [0.4, 0.5) is 5.13 Å². The van der Waals surface area contributed by atoms with Crippen molar-refractivity contribution >= 4 is 32.7 Å². The van der Waals surface area contributed by atoms with E-state index in [0.29, 0.717) is 11.5 Å². The Balaban J connectivity index is 1.35. The molecule has 1 amide bonds. The first-order valence-electron chi connectivity index (χ1n) is 11.6. The van der Waals surface area contributed by atoms with Crippen LogP contribution in [0.1, 0.15) is 60.6 Å². The molecule has 1 saturated heterocycles. The van der Waals surface area contributed by atoms with E-state index in [2.05, 4.69) is 28.9 Å². The zero-order valence-electron chi connectivity index (χ0n) is 19.9. The molecule has 0 aliphatic carbocycles. The number of hydrogen-bond donors (Lipinski definition) is 0. The third-order valence-electron chi connectivity index (χ3n) is 6.17. The van der Waals surface area contributed by atoms with Crippen molar-refractivity contribution in [2.24, 2.45) is 0 Å². The minimum absolute atomic E-state index is 0.0351. The minimum atomic E-state index is -0.0351. The van der Waals surface area contributed by atoms with Gasteiger partial charge in [-0.3, -0.25) is 4.79 Å². The number of hydrogen-bond acceptors (Lipinski definition) is 8. The molecule has 1 aliphatic rings. The molecule has 1 fully saturated rings. The van der Waals surface area contributed by atoms with E-state index in [9.17, 15) is 4.79 Å². The normalized spacial score (nSPS) is 14.8. The van der Waals surface area contributed by atoms with E-state index >= 15 is 0 Å². The number of carbonyl (C=O) groups excluding carboxylic acids is 1. The highest BCUT2D eigenvalue weighted by Gasteiger charge is 2.27. The summed E-state index contributed by atoms with van der Waals surface area (Å²) in [5, 5.41) is 5.09. The highest BCUT2D eigenvalue weighted by molar-refractivity contribution is 7.21. The van der Waals surface area contributed by atoms with Crippen LogP contribution in [0.25, 0.3) is 21.6 Å². The summed E-state index contributed by atoms with van der Waals surface area (Å²) in [5.41, 5.74) is 3.14. The number of amides is 1. The first-order valence-corrected chi connectivity index (χ1v) is 12.4. The molecule has 1 aromatic carbocycles. The van der Waals surface area contributed by atoms with E-state index in [1.165, 1.54) is 0 Å². The monoisotopic (exact) mass is 476 g/mol. The Hall–Kier alpha value is -3.33. The van der Waals surface area contributed by atoms with Crippen LogP contribution in [0.5, 0.6) is 0 Å². The molecule has 5 rings (SSSR count). The van der Waals surface area contributed by atoms with Gasteiger partial charge in [0.25, 0.3) is 5.91 Å². The summed E-state index contributed by atoms with van der Waals surface area (Å²) in [5.74, 6) is 2.06. The quantitative estimate of drug-likeness (QED) is 0.403. The predicted octanol–water partition coefficient (Wildman–Crippen LogP) is 4.95. The van der Waals surface area contributed by atoms with Crippen molar-refractivity contribution in [1.82, 2.24) is 25.0 Å². The highest BCUT2D eigenvalue weighted by Crippen LogP contribution is 2.35. The van der Waals surface area contributed by atoms with Crippen LogP contribution in [0.2, 0.25) is 0 Å². The summed E-state index contributed by atoms with van der Waals surface area (Å²) in [4.78, 5) is 31.7. The van der Waals surface area contributed by atoms with Gasteiger partial charge in [-0.05, 0) is 31.0 Å². The number of pyridine rings is 1. The van der Waals surface area contributed by atoms with Crippen LogP contribution in [0, 0.1) is 0 Å². The molecule has 9 heteroatoms. The second kappa shape index (κ2) is 9.13. The third-order valence-corrected chi connectivity index (χ3v) is 7.20. The average molecular weight is 477 g/mol. The lowest BCUT2D eigenvalue weighted by atomic mass is 9.97. The Morgan fingerprint density at radius 1 is 1.09 bits per heavy atom. The predicted molar refractivity (Wildman–Crippen MR) is 133 cm³/mol. The number of aromatic nitrogens is 4. The number of fused-ring (bicyclic) bond motifs is 1. The second-order valence-electron chi connectivity index (χ2n) is 9.17. The number of carbonyl (C=O) groups is 1. The zero-order chi connectivity index (χ0) is 23.8. The van der Waals surface area contributed by atoms with Crippen LogP contribution in [0.15, 0.2) is 40.9 Å². The van der Waals surface area contributed by atoms with Gasteiger partial charge >= 0.3 is 0 Å². The Bertz CT molecular complexity index is 1320. The topological polar surface area (TPSA) is 88.3 Å². The molecule has 3 aromatic heterocycles. The van der Waals surface area contributed by atoms with Gasteiger partial charge < -0.3 is 14.3 Å². The van der Waals surface area contributed by atoms with Gasteiger partial charge in [0.15, 0.2) is 11.0 Å². The summed E-state index contributed by atoms with van der Waals surface area (Å²) < 4.78 is 5.52. The van der Waals surface area contributed by atoms with E-state index in [1.54, 1.807) is 30.3 Å². The van der Waals surface area contributed by atoms with Gasteiger partial charge in [-0.1, -0.05) is 48.5 Å². The maximum absolute atomic E-state index is 12.6. The molecule has 176 valence electrons. The molecule has 8 nitrogen and oxygen atoms in total. The molecule has 0 atom stereocenters. The molecular weight excluding hydrogens is 448 g/mol. The lowest BCUT2D eigenvalue weighted by molar-refractivity contribution is 0.0828. The molecule has 0 radical (unpaired) electrons. The fourth-order valence-corrected chi connectivity index (χ4v) is 5.18. The SMILES string of the molecule is CC(C)c1noc(C2CCN(c3nc4ccc(-c5ccccc5C(=O)N(C)C)nc4s3)CC2)n1. The summed E-state index contributed by atoms with van der Waals surface area (Å²) in [6.07, 6.45) is 1.91. The van der Waals surface area contributed by atoms with Crippen molar-refractivity contribution in [3.8, 4) is 11.3 Å². The van der Waals surface area contributed by atoms with E-state index < -0.39 is 0 Å². The molecule has 0 saturated carbocycles. The van der Waals surface area contributed by atoms with Gasteiger partial charge in [-0.2, -0.15) is 4.98 Å². The number of thiazole rings is 1. The summed E-state index contributed by atoms with van der Waals surface area (Å²) >= 11 is 1.60. The zero-order valence-corrected chi connectivity index (χ0v) is 20.7. The van der Waals surface area contributed by atoms with Gasteiger partial charge in [0.2, 0.25) is 5.89 Å². The van der Waals surface area contributed by atoms with Crippen molar-refractivity contribution in [3.05, 3.63) is 53.7 Å². The van der Waals surface area contributed by atoms with Gasteiger partial charge in [-0.15, -0.1) is 0 Å². The Morgan fingerprint density at radius 3 is 2.56 bits per heavy atom. The number of benzene rings is 1. The summed E-state index contributed by atoms with van der Waals surface area (Å²) in [7, 11) is 3.52. The molecule has 1 aliphatic heterocycles. The Morgan fingerprint density at radius 2 is 1.85 bits per heavy atom.